The summed E-state index contributed by atoms with van der Waals surface area (Å²) in [7, 11) is 0. The van der Waals surface area contributed by atoms with Gasteiger partial charge in [0.15, 0.2) is 0 Å². The first-order valence-corrected chi connectivity index (χ1v) is 35.3. The van der Waals surface area contributed by atoms with Crippen molar-refractivity contribution in [3.05, 3.63) is 408 Å². The maximum Gasteiger partial charge on any atom is 0.143 e. The summed E-state index contributed by atoms with van der Waals surface area (Å²) < 4.78 is 14.0. The highest BCUT2D eigenvalue weighted by Gasteiger charge is 2.55. The van der Waals surface area contributed by atoms with Gasteiger partial charge in [-0.05, 0) is 185 Å². The Bertz CT molecular complexity index is 6410. The first kappa shape index (κ1) is 56.7. The molecule has 4 aliphatic rings. The molecule has 4 nitrogen and oxygen atoms in total. The van der Waals surface area contributed by atoms with Gasteiger partial charge in [0.1, 0.15) is 22.3 Å². The maximum absolute atomic E-state index is 7.48. The lowest BCUT2D eigenvalue weighted by atomic mass is 9.69. The topological polar surface area (TPSA) is 32.8 Å². The molecule has 2 aromatic heterocycles. The Balaban J connectivity index is 0.736. The van der Waals surface area contributed by atoms with E-state index in [0.717, 1.165) is 100 Å². The van der Waals surface area contributed by atoms with Crippen molar-refractivity contribution in [1.29, 1.82) is 0 Å². The first-order chi connectivity index (χ1) is 50.6. The quantitative estimate of drug-likeness (QED) is 0.144. The molecule has 2 spiro atoms. The zero-order valence-electron chi connectivity index (χ0n) is 55.4. The summed E-state index contributed by atoms with van der Waals surface area (Å²) in [5.74, 6) is 0. The molecule has 0 amide bonds. The second kappa shape index (κ2) is 21.6. The Kier molecular flexibility index (Phi) is 12.0. The Morgan fingerprint density at radius 3 is 1.12 bits per heavy atom. The molecular weight excluding hydrogens is 1240 g/mol. The van der Waals surface area contributed by atoms with Crippen molar-refractivity contribution in [2.75, 3.05) is 9.80 Å². The SMILES string of the molecule is c1ccc(-c2ccc(N(c3ccc4c(c3)oc3c(-c5ccc6c(c5)-c5cccc(N(c7ccc(-c8ccccc8)cc7)c7ccc8oc9ccccc9c8c7)c5C65c6ccccc6-c6ccccc65)cccc34)c3cccc4c3C3(c5ccccc5-c5ccccc53)c3ccccc3-4)cc2)cc1. The van der Waals surface area contributed by atoms with Gasteiger partial charge < -0.3 is 18.6 Å². The summed E-state index contributed by atoms with van der Waals surface area (Å²) in [6.07, 6.45) is 0. The molecule has 0 saturated heterocycles. The molecule has 2 heterocycles. The second-order valence-corrected chi connectivity index (χ2v) is 27.6. The number of nitrogens with zero attached hydrogens (tertiary/aromatic N) is 2. The third kappa shape index (κ3) is 7.81. The summed E-state index contributed by atoms with van der Waals surface area (Å²) in [6.45, 7) is 0. The number of para-hydroxylation sites is 2. The van der Waals surface area contributed by atoms with Crippen LogP contribution in [0.2, 0.25) is 0 Å². The van der Waals surface area contributed by atoms with Crippen molar-refractivity contribution < 1.29 is 8.83 Å². The van der Waals surface area contributed by atoms with Gasteiger partial charge in [0.05, 0.1) is 22.2 Å². The standard InChI is InChI=1S/C98H60N2O2/c1-3-22-61(23-4-1)63-44-49-66(50-45-63)99(68-54-57-92-82(59-68)76-31-12-18-43-91(76)101-92)90-42-21-34-79-81-58-65(48-56-88(81)98(95(79)90)85-38-15-9-28-73(85)74-29-10-16-39-86(74)98)70-32-19-35-80-77-55-53-69(60-93(77)102-96(70)80)100(67-51-46-64(47-52-67)62-24-5-2-6-25-62)89-41-20-33-78-75-30-11-17-40-87(75)97(94(78)89)83-36-13-7-26-71(83)72-27-8-14-37-84(72)97/h1-60H. The van der Waals surface area contributed by atoms with Crippen LogP contribution < -0.4 is 9.80 Å². The van der Waals surface area contributed by atoms with Crippen LogP contribution >= 0.6 is 0 Å². The van der Waals surface area contributed by atoms with Crippen molar-refractivity contribution in [2.24, 2.45) is 0 Å². The van der Waals surface area contributed by atoms with Crippen LogP contribution in [0.5, 0.6) is 0 Å². The summed E-state index contributed by atoms with van der Waals surface area (Å²) >= 11 is 0. The fraction of sp³-hybridized carbons (Fsp3) is 0.0204. The Hall–Kier alpha value is -13.3. The van der Waals surface area contributed by atoms with E-state index in [4.69, 9.17) is 8.83 Å². The molecule has 0 saturated carbocycles. The van der Waals surface area contributed by atoms with Gasteiger partial charge in [0, 0.05) is 67.1 Å². The molecule has 22 rings (SSSR count). The number of anilines is 6. The molecule has 4 heteroatoms. The maximum atomic E-state index is 7.48. The number of benzene rings is 16. The van der Waals surface area contributed by atoms with Crippen molar-refractivity contribution in [1.82, 2.24) is 0 Å². The average Bonchev–Trinajstić information content (AvgIpc) is 1.51. The van der Waals surface area contributed by atoms with Crippen LogP contribution in [-0.4, -0.2) is 0 Å². The molecule has 18 aromatic rings. The van der Waals surface area contributed by atoms with E-state index in [9.17, 15) is 0 Å². The predicted molar refractivity (Wildman–Crippen MR) is 419 cm³/mol. The minimum atomic E-state index is -0.691. The second-order valence-electron chi connectivity index (χ2n) is 27.6. The molecule has 0 fully saturated rings. The minimum Gasteiger partial charge on any atom is -0.456 e. The van der Waals surface area contributed by atoms with E-state index in [1.807, 2.05) is 6.07 Å². The Labute approximate surface area is 590 Å². The van der Waals surface area contributed by atoms with E-state index in [1.165, 1.54) is 100 Å². The molecule has 0 radical (unpaired) electrons. The zero-order valence-corrected chi connectivity index (χ0v) is 55.4. The van der Waals surface area contributed by atoms with Crippen molar-refractivity contribution in [3.8, 4) is 77.9 Å². The predicted octanol–water partition coefficient (Wildman–Crippen LogP) is 26.1. The fourth-order valence-electron chi connectivity index (χ4n) is 18.6. The summed E-state index contributed by atoms with van der Waals surface area (Å²) in [4.78, 5) is 4.98. The van der Waals surface area contributed by atoms with Gasteiger partial charge in [-0.1, -0.05) is 279 Å². The zero-order chi connectivity index (χ0) is 66.8. The third-order valence-corrected chi connectivity index (χ3v) is 22.7. The van der Waals surface area contributed by atoms with E-state index in [2.05, 4.69) is 368 Å². The van der Waals surface area contributed by atoms with Gasteiger partial charge in [-0.2, -0.15) is 0 Å². The largest absolute Gasteiger partial charge is 0.456 e. The Morgan fingerprint density at radius 1 is 0.196 bits per heavy atom. The van der Waals surface area contributed by atoms with Gasteiger partial charge in [-0.3, -0.25) is 0 Å². The molecular formula is C98H60N2O2. The number of furan rings is 2. The smallest absolute Gasteiger partial charge is 0.143 e. The molecule has 102 heavy (non-hydrogen) atoms. The Morgan fingerprint density at radius 2 is 0.569 bits per heavy atom. The monoisotopic (exact) mass is 1300 g/mol. The molecule has 0 unspecified atom stereocenters. The fourth-order valence-corrected chi connectivity index (χ4v) is 18.6. The number of rotatable bonds is 9. The highest BCUT2D eigenvalue weighted by molar-refractivity contribution is 6.12. The van der Waals surface area contributed by atoms with E-state index in [-0.39, 0.29) is 0 Å². The lowest BCUT2D eigenvalue weighted by Gasteiger charge is -2.36. The highest BCUT2D eigenvalue weighted by atomic mass is 16.3. The highest BCUT2D eigenvalue weighted by Crippen LogP contribution is 2.68. The van der Waals surface area contributed by atoms with E-state index in [1.54, 1.807) is 0 Å². The van der Waals surface area contributed by atoms with Gasteiger partial charge in [0.25, 0.3) is 0 Å². The summed E-state index contributed by atoms with van der Waals surface area (Å²) in [5, 5.41) is 4.29. The van der Waals surface area contributed by atoms with Crippen LogP contribution in [-0.2, 0) is 10.8 Å². The molecule has 0 N–H and O–H groups in total. The average molecular weight is 1300 g/mol. The van der Waals surface area contributed by atoms with Gasteiger partial charge in [-0.15, -0.1) is 0 Å². The van der Waals surface area contributed by atoms with Crippen LogP contribution in [0.1, 0.15) is 44.5 Å². The minimum absolute atomic E-state index is 0.585. The molecule has 0 atom stereocenters. The van der Waals surface area contributed by atoms with Gasteiger partial charge >= 0.3 is 0 Å². The van der Waals surface area contributed by atoms with Crippen LogP contribution in [0.25, 0.3) is 122 Å². The van der Waals surface area contributed by atoms with Gasteiger partial charge in [-0.25, -0.2) is 0 Å². The van der Waals surface area contributed by atoms with Crippen LogP contribution in [0.3, 0.4) is 0 Å². The van der Waals surface area contributed by atoms with Gasteiger partial charge in [0.2, 0.25) is 0 Å². The molecule has 474 valence electrons. The molecule has 16 aromatic carbocycles. The molecule has 0 bridgehead atoms. The van der Waals surface area contributed by atoms with Crippen LogP contribution in [0.4, 0.5) is 34.1 Å². The molecule has 0 aliphatic heterocycles. The molecule has 4 aliphatic carbocycles. The number of hydrogen-bond donors (Lipinski definition) is 0. The van der Waals surface area contributed by atoms with Crippen molar-refractivity contribution >= 4 is 78.0 Å². The lowest BCUT2D eigenvalue weighted by molar-refractivity contribution is 0.669. The van der Waals surface area contributed by atoms with Crippen LogP contribution in [0.15, 0.2) is 373 Å². The normalized spacial score (nSPS) is 13.5. The third-order valence-electron chi connectivity index (χ3n) is 22.7. The van der Waals surface area contributed by atoms with Crippen molar-refractivity contribution in [3.63, 3.8) is 0 Å². The first-order valence-electron chi connectivity index (χ1n) is 35.3. The summed E-state index contributed by atoms with van der Waals surface area (Å²) in [6, 6.07) is 135. The number of hydrogen-bond acceptors (Lipinski definition) is 4. The van der Waals surface area contributed by atoms with E-state index >= 15 is 0 Å². The summed E-state index contributed by atoms with van der Waals surface area (Å²) in [5.41, 5.74) is 35.4. The number of fused-ring (bicyclic) bond motifs is 26. The van der Waals surface area contributed by atoms with E-state index < -0.39 is 10.8 Å². The van der Waals surface area contributed by atoms with E-state index in [0.29, 0.717) is 0 Å². The van der Waals surface area contributed by atoms with Crippen molar-refractivity contribution in [2.45, 2.75) is 10.8 Å². The van der Waals surface area contributed by atoms with Crippen LogP contribution in [0, 0.1) is 0 Å². The lowest BCUT2D eigenvalue weighted by Crippen LogP contribution is -2.28.